The summed E-state index contributed by atoms with van der Waals surface area (Å²) in [7, 11) is 0. The lowest BCUT2D eigenvalue weighted by Crippen LogP contribution is -2.27. The smallest absolute Gasteiger partial charge is 0.336 e. The normalized spacial score (nSPS) is 15.8. The molecule has 0 saturated heterocycles. The maximum absolute atomic E-state index is 10.1. The van der Waals surface area contributed by atoms with Crippen LogP contribution in [0.5, 0.6) is 0 Å². The van der Waals surface area contributed by atoms with Crippen LogP contribution < -0.4 is 0 Å². The van der Waals surface area contributed by atoms with Gasteiger partial charge in [0.05, 0.1) is 6.42 Å². The van der Waals surface area contributed by atoms with E-state index in [9.17, 15) is 9.59 Å². The third-order valence-corrected chi connectivity index (χ3v) is 1.60. The van der Waals surface area contributed by atoms with Gasteiger partial charge in [0, 0.05) is 0 Å². The molecule has 0 heterocycles. The van der Waals surface area contributed by atoms with Gasteiger partial charge in [-0.1, -0.05) is 27.5 Å². The van der Waals surface area contributed by atoms with Gasteiger partial charge >= 0.3 is 11.9 Å². The van der Waals surface area contributed by atoms with Crippen molar-refractivity contribution in [1.82, 2.24) is 0 Å². The van der Waals surface area contributed by atoms with Crippen molar-refractivity contribution in [2.45, 2.75) is 10.2 Å². The molecule has 1 unspecified atom stereocenters. The number of carbonyl (C=O) groups is 2. The van der Waals surface area contributed by atoms with E-state index in [1.165, 1.54) is 0 Å². The van der Waals surface area contributed by atoms with Crippen LogP contribution in [0.3, 0.4) is 0 Å². The van der Waals surface area contributed by atoms with Gasteiger partial charge in [0.2, 0.25) is 3.78 Å². The average molecular weight is 231 g/mol. The van der Waals surface area contributed by atoms with E-state index in [1.807, 2.05) is 0 Å². The van der Waals surface area contributed by atoms with Gasteiger partial charge in [-0.2, -0.15) is 0 Å². The summed E-state index contributed by atoms with van der Waals surface area (Å²) in [5.41, 5.74) is 0. The summed E-state index contributed by atoms with van der Waals surface area (Å²) in [4.78, 5) is 20.1. The van der Waals surface area contributed by atoms with Crippen LogP contribution in [0.25, 0.3) is 0 Å². The van der Waals surface area contributed by atoms with Crippen molar-refractivity contribution in [2.24, 2.45) is 0 Å². The lowest BCUT2D eigenvalue weighted by molar-refractivity contribution is -0.143. The van der Waals surface area contributed by atoms with Crippen molar-refractivity contribution >= 4 is 39.5 Å². The third kappa shape index (κ3) is 3.03. The second kappa shape index (κ2) is 3.21. The first kappa shape index (κ1) is 9.71. The van der Waals surface area contributed by atoms with Crippen LogP contribution >= 0.6 is 27.5 Å². The lowest BCUT2D eigenvalue weighted by Gasteiger charge is -2.09. The van der Waals surface area contributed by atoms with Crippen molar-refractivity contribution in [1.29, 1.82) is 0 Å². The fourth-order valence-electron chi connectivity index (χ4n) is 0.266. The Morgan fingerprint density at radius 3 is 2.00 bits per heavy atom. The van der Waals surface area contributed by atoms with Crippen molar-refractivity contribution in [2.75, 3.05) is 0 Å². The first-order valence-electron chi connectivity index (χ1n) is 2.19. The maximum Gasteiger partial charge on any atom is 0.336 e. The SMILES string of the molecule is O=C(O)CC(Cl)(Br)C(=O)O. The van der Waals surface area contributed by atoms with E-state index in [1.54, 1.807) is 0 Å². The first-order valence-corrected chi connectivity index (χ1v) is 3.36. The number of carboxylic acid groups (broad SMARTS) is 2. The molecular weight excluding hydrogens is 227 g/mol. The fourth-order valence-corrected chi connectivity index (χ4v) is 0.620. The summed E-state index contributed by atoms with van der Waals surface area (Å²) in [6, 6.07) is 0. The minimum absolute atomic E-state index is 0.663. The minimum atomic E-state index is -1.88. The number of aliphatic carboxylic acids is 2. The van der Waals surface area contributed by atoms with Crippen molar-refractivity contribution in [3.8, 4) is 0 Å². The summed E-state index contributed by atoms with van der Waals surface area (Å²) in [5, 5.41) is 16.4. The van der Waals surface area contributed by atoms with Crippen LogP contribution in [-0.4, -0.2) is 25.9 Å². The van der Waals surface area contributed by atoms with E-state index >= 15 is 0 Å². The lowest BCUT2D eigenvalue weighted by atomic mass is 10.3. The van der Waals surface area contributed by atoms with Crippen LogP contribution in [0.1, 0.15) is 6.42 Å². The zero-order valence-electron chi connectivity index (χ0n) is 4.67. The second-order valence-corrected chi connectivity index (χ2v) is 4.04. The third-order valence-electron chi connectivity index (χ3n) is 0.686. The monoisotopic (exact) mass is 230 g/mol. The van der Waals surface area contributed by atoms with Gasteiger partial charge in [-0.15, -0.1) is 0 Å². The number of halogens is 2. The van der Waals surface area contributed by atoms with Gasteiger partial charge in [-0.3, -0.25) is 4.79 Å². The molecule has 0 aliphatic heterocycles. The van der Waals surface area contributed by atoms with E-state index in [-0.39, 0.29) is 0 Å². The Morgan fingerprint density at radius 2 is 1.90 bits per heavy atom. The van der Waals surface area contributed by atoms with Gasteiger partial charge in [-0.25, -0.2) is 4.79 Å². The second-order valence-electron chi connectivity index (χ2n) is 1.58. The Kier molecular flexibility index (Phi) is 3.11. The average Bonchev–Trinajstić information content (AvgIpc) is 1.60. The van der Waals surface area contributed by atoms with Gasteiger partial charge in [0.15, 0.2) is 0 Å². The quantitative estimate of drug-likeness (QED) is 0.707. The zero-order chi connectivity index (χ0) is 8.36. The number of carboxylic acids is 2. The molecule has 0 amide bonds. The molecular formula is C4H4BrClO4. The van der Waals surface area contributed by atoms with Crippen LogP contribution in [0, 0.1) is 0 Å². The molecule has 0 saturated carbocycles. The largest absolute Gasteiger partial charge is 0.481 e. The molecule has 0 bridgehead atoms. The predicted molar refractivity (Wildman–Crippen MR) is 37.4 cm³/mol. The van der Waals surface area contributed by atoms with Gasteiger partial charge < -0.3 is 10.2 Å². The van der Waals surface area contributed by atoms with Gasteiger partial charge in [0.25, 0.3) is 0 Å². The van der Waals surface area contributed by atoms with E-state index in [0.29, 0.717) is 0 Å². The summed E-state index contributed by atoms with van der Waals surface area (Å²) >= 11 is 7.73. The Labute approximate surface area is 69.9 Å². The molecule has 1 atom stereocenters. The topological polar surface area (TPSA) is 74.6 Å². The van der Waals surface area contributed by atoms with Crippen molar-refractivity contribution < 1.29 is 19.8 Å². The van der Waals surface area contributed by atoms with E-state index < -0.39 is 22.1 Å². The highest BCUT2D eigenvalue weighted by Crippen LogP contribution is 2.27. The molecule has 0 spiro atoms. The van der Waals surface area contributed by atoms with Crippen LogP contribution in [0.2, 0.25) is 0 Å². The van der Waals surface area contributed by atoms with Crippen molar-refractivity contribution in [3.63, 3.8) is 0 Å². The van der Waals surface area contributed by atoms with E-state index in [2.05, 4.69) is 15.9 Å². The zero-order valence-corrected chi connectivity index (χ0v) is 7.02. The van der Waals surface area contributed by atoms with Crippen LogP contribution in [0.15, 0.2) is 0 Å². The van der Waals surface area contributed by atoms with Gasteiger partial charge in [0.1, 0.15) is 0 Å². The summed E-state index contributed by atoms with van der Waals surface area (Å²) in [6.45, 7) is 0. The number of alkyl halides is 2. The number of hydrogen-bond acceptors (Lipinski definition) is 2. The predicted octanol–water partition coefficient (Wildman–Crippen LogP) is 0.876. The number of rotatable bonds is 3. The molecule has 0 aliphatic rings. The van der Waals surface area contributed by atoms with Crippen molar-refractivity contribution in [3.05, 3.63) is 0 Å². The van der Waals surface area contributed by atoms with E-state index in [4.69, 9.17) is 21.8 Å². The minimum Gasteiger partial charge on any atom is -0.481 e. The molecule has 0 aromatic carbocycles. The van der Waals surface area contributed by atoms with Crippen LogP contribution in [-0.2, 0) is 9.59 Å². The molecule has 0 aliphatic carbocycles. The molecule has 0 fully saturated rings. The molecule has 58 valence electrons. The molecule has 2 N–H and O–H groups in total. The molecule has 0 aromatic rings. The summed E-state index contributed by atoms with van der Waals surface area (Å²) < 4.78 is -1.88. The Morgan fingerprint density at radius 1 is 1.50 bits per heavy atom. The Balaban J connectivity index is 4.13. The molecule has 0 aromatic heterocycles. The Hall–Kier alpha value is -0.290. The highest BCUT2D eigenvalue weighted by Gasteiger charge is 2.35. The molecule has 0 rings (SSSR count). The fraction of sp³-hybridized carbons (Fsp3) is 0.500. The Bertz CT molecular complexity index is 167. The molecule has 0 radical (unpaired) electrons. The summed E-state index contributed by atoms with van der Waals surface area (Å²) in [6.07, 6.45) is -0.663. The summed E-state index contributed by atoms with van der Waals surface area (Å²) in [5.74, 6) is -2.68. The van der Waals surface area contributed by atoms with Crippen LogP contribution in [0.4, 0.5) is 0 Å². The molecule has 6 heteroatoms. The standard InChI is InChI=1S/C4H4BrClO4/c5-4(6,3(9)10)1-2(7)8/h1H2,(H,7,8)(H,9,10). The first-order chi connectivity index (χ1) is 4.36. The highest BCUT2D eigenvalue weighted by molar-refractivity contribution is 9.10. The maximum atomic E-state index is 10.1. The van der Waals surface area contributed by atoms with E-state index in [0.717, 1.165) is 0 Å². The highest BCUT2D eigenvalue weighted by atomic mass is 79.9. The molecule has 10 heavy (non-hydrogen) atoms. The number of hydrogen-bond donors (Lipinski definition) is 2. The molecule has 4 nitrogen and oxygen atoms in total. The van der Waals surface area contributed by atoms with Gasteiger partial charge in [-0.05, 0) is 0 Å².